The van der Waals surface area contributed by atoms with Crippen LogP contribution in [-0.2, 0) is 9.59 Å². The van der Waals surface area contributed by atoms with Crippen molar-refractivity contribution < 1.29 is 14.4 Å². The Balaban J connectivity index is 2.29. The molecule has 0 aromatic heterocycles. The van der Waals surface area contributed by atoms with Crippen molar-refractivity contribution in [2.24, 2.45) is 0 Å². The van der Waals surface area contributed by atoms with Crippen LogP contribution in [0, 0.1) is 18.3 Å². The van der Waals surface area contributed by atoms with Gasteiger partial charge >= 0.3 is 0 Å². The predicted molar refractivity (Wildman–Crippen MR) is 66.5 cm³/mol. The fourth-order valence-corrected chi connectivity index (χ4v) is 2.03. The lowest BCUT2D eigenvalue weighted by Crippen LogP contribution is -2.40. The number of fused-ring (bicyclic) bond motifs is 1. The zero-order valence-electron chi connectivity index (χ0n) is 10.3. The smallest absolute Gasteiger partial charge is 0.299 e. The van der Waals surface area contributed by atoms with E-state index in [0.717, 1.165) is 10.5 Å². The molecule has 1 aliphatic rings. The molecule has 6 heteroatoms. The van der Waals surface area contributed by atoms with E-state index in [4.69, 9.17) is 5.26 Å². The largest absolute Gasteiger partial charge is 0.341 e. The summed E-state index contributed by atoms with van der Waals surface area (Å²) in [5.41, 5.74) is 1.55. The van der Waals surface area contributed by atoms with Gasteiger partial charge in [-0.05, 0) is 18.6 Å². The molecule has 0 radical (unpaired) electrons. The molecular weight excluding hydrogens is 246 g/mol. The highest BCUT2D eigenvalue weighted by Crippen LogP contribution is 2.31. The Morgan fingerprint density at radius 3 is 2.84 bits per heavy atom. The van der Waals surface area contributed by atoms with Crippen molar-refractivity contribution in [2.75, 3.05) is 18.0 Å². The average molecular weight is 257 g/mol. The van der Waals surface area contributed by atoms with Gasteiger partial charge in [-0.25, -0.2) is 0 Å². The van der Waals surface area contributed by atoms with Crippen LogP contribution >= 0.6 is 0 Å². The monoisotopic (exact) mass is 257 g/mol. The van der Waals surface area contributed by atoms with Gasteiger partial charge in [0.1, 0.15) is 13.1 Å². The van der Waals surface area contributed by atoms with Gasteiger partial charge in [-0.15, -0.1) is 0 Å². The molecule has 0 aliphatic carbocycles. The van der Waals surface area contributed by atoms with Crippen LogP contribution in [0.4, 0.5) is 5.69 Å². The molecule has 0 saturated carbocycles. The third-order valence-electron chi connectivity index (χ3n) is 2.86. The van der Waals surface area contributed by atoms with Crippen LogP contribution < -0.4 is 10.2 Å². The van der Waals surface area contributed by atoms with E-state index in [1.165, 1.54) is 0 Å². The van der Waals surface area contributed by atoms with E-state index in [-0.39, 0.29) is 13.1 Å². The van der Waals surface area contributed by atoms with E-state index in [1.807, 2.05) is 0 Å². The molecule has 1 N–H and O–H groups in total. The quantitative estimate of drug-likeness (QED) is 0.617. The molecule has 0 spiro atoms. The Morgan fingerprint density at radius 2 is 2.16 bits per heavy atom. The summed E-state index contributed by atoms with van der Waals surface area (Å²) in [6.07, 6.45) is 0. The molecule has 0 fully saturated rings. The summed E-state index contributed by atoms with van der Waals surface area (Å²) in [6.45, 7) is 1.38. The summed E-state index contributed by atoms with van der Waals surface area (Å²) >= 11 is 0. The number of carbonyl (C=O) groups excluding carboxylic acids is 3. The number of nitrogens with one attached hydrogen (secondary N) is 1. The Morgan fingerprint density at radius 1 is 1.42 bits per heavy atom. The highest BCUT2D eigenvalue weighted by atomic mass is 16.2. The molecule has 0 atom stereocenters. The molecule has 2 amide bonds. The van der Waals surface area contributed by atoms with E-state index in [0.29, 0.717) is 11.3 Å². The molecular formula is C13H11N3O3. The summed E-state index contributed by atoms with van der Waals surface area (Å²) in [5.74, 6) is -1.79. The van der Waals surface area contributed by atoms with Gasteiger partial charge in [-0.1, -0.05) is 12.1 Å². The number of nitrogens with zero attached hydrogens (tertiary/aromatic N) is 2. The minimum atomic E-state index is -0.712. The van der Waals surface area contributed by atoms with Gasteiger partial charge in [0.05, 0.1) is 17.3 Å². The molecule has 0 saturated heterocycles. The number of hydrogen-bond acceptors (Lipinski definition) is 4. The van der Waals surface area contributed by atoms with Crippen LogP contribution in [0.15, 0.2) is 18.2 Å². The Kier molecular flexibility index (Phi) is 3.29. The van der Waals surface area contributed by atoms with E-state index in [1.54, 1.807) is 31.2 Å². The molecule has 2 rings (SSSR count). The maximum Gasteiger partial charge on any atom is 0.299 e. The minimum absolute atomic E-state index is 0.130. The van der Waals surface area contributed by atoms with Gasteiger partial charge in [0.25, 0.3) is 11.7 Å². The number of aryl methyl sites for hydroxylation is 1. The van der Waals surface area contributed by atoms with Gasteiger partial charge in [0.2, 0.25) is 5.91 Å². The first-order valence-electron chi connectivity index (χ1n) is 5.65. The maximum atomic E-state index is 11.9. The van der Waals surface area contributed by atoms with Crippen molar-refractivity contribution in [1.82, 2.24) is 5.32 Å². The van der Waals surface area contributed by atoms with Crippen molar-refractivity contribution in [2.45, 2.75) is 6.92 Å². The van der Waals surface area contributed by atoms with Gasteiger partial charge in [-0.3, -0.25) is 19.3 Å². The third kappa shape index (κ3) is 2.18. The molecule has 19 heavy (non-hydrogen) atoms. The summed E-state index contributed by atoms with van der Waals surface area (Å²) in [7, 11) is 0. The van der Waals surface area contributed by atoms with Crippen molar-refractivity contribution in [3.05, 3.63) is 29.3 Å². The number of rotatable bonds is 3. The van der Waals surface area contributed by atoms with Gasteiger partial charge in [-0.2, -0.15) is 5.26 Å². The van der Waals surface area contributed by atoms with Crippen molar-refractivity contribution in [3.63, 3.8) is 0 Å². The fourth-order valence-electron chi connectivity index (χ4n) is 2.03. The molecule has 96 valence electrons. The number of anilines is 1. The van der Waals surface area contributed by atoms with Gasteiger partial charge in [0, 0.05) is 0 Å². The average Bonchev–Trinajstić information content (AvgIpc) is 2.63. The molecule has 6 nitrogen and oxygen atoms in total. The first-order chi connectivity index (χ1) is 9.06. The number of hydrogen-bond donors (Lipinski definition) is 1. The molecule has 1 aromatic carbocycles. The first kappa shape index (κ1) is 12.8. The lowest BCUT2D eigenvalue weighted by atomic mass is 10.1. The standard InChI is InChI=1S/C13H11N3O3/c1-8-3-2-4-9-11(8)16(13(19)12(9)18)7-10(17)15-6-5-14/h2-4H,6-7H2,1H3,(H,15,17). The maximum absolute atomic E-state index is 11.9. The molecule has 0 unspecified atom stereocenters. The fraction of sp³-hybridized carbons (Fsp3) is 0.231. The zero-order valence-corrected chi connectivity index (χ0v) is 10.3. The SMILES string of the molecule is Cc1cccc2c1N(CC(=O)NCC#N)C(=O)C2=O. The topological polar surface area (TPSA) is 90.3 Å². The highest BCUT2D eigenvalue weighted by molar-refractivity contribution is 6.52. The van der Waals surface area contributed by atoms with Gasteiger partial charge in [0.15, 0.2) is 0 Å². The van der Waals surface area contributed by atoms with Crippen LogP contribution in [0.25, 0.3) is 0 Å². The van der Waals surface area contributed by atoms with Crippen LogP contribution in [0.3, 0.4) is 0 Å². The Hall–Kier alpha value is -2.68. The van der Waals surface area contributed by atoms with Crippen molar-refractivity contribution >= 4 is 23.3 Å². The molecule has 1 aliphatic heterocycles. The summed E-state index contributed by atoms with van der Waals surface area (Å²) in [6, 6.07) is 6.80. The second-order valence-electron chi connectivity index (χ2n) is 4.13. The van der Waals surface area contributed by atoms with Crippen LogP contribution in [0.5, 0.6) is 0 Å². The Labute approximate surface area is 109 Å². The van der Waals surface area contributed by atoms with Crippen LogP contribution in [0.1, 0.15) is 15.9 Å². The minimum Gasteiger partial charge on any atom is -0.341 e. The van der Waals surface area contributed by atoms with Crippen molar-refractivity contribution in [1.29, 1.82) is 5.26 Å². The summed E-state index contributed by atoms with van der Waals surface area (Å²) in [5, 5.41) is 10.7. The lowest BCUT2D eigenvalue weighted by Gasteiger charge is -2.17. The Bertz CT molecular complexity index is 616. The van der Waals surface area contributed by atoms with E-state index in [2.05, 4.69) is 5.32 Å². The summed E-state index contributed by atoms with van der Waals surface area (Å²) < 4.78 is 0. The summed E-state index contributed by atoms with van der Waals surface area (Å²) in [4.78, 5) is 36.4. The third-order valence-corrected chi connectivity index (χ3v) is 2.86. The normalized spacial score (nSPS) is 13.2. The van der Waals surface area contributed by atoms with E-state index in [9.17, 15) is 14.4 Å². The molecule has 0 bridgehead atoms. The second kappa shape index (κ2) is 4.90. The molecule has 1 heterocycles. The number of Topliss-reactive ketones (excluding diaryl/α,β-unsaturated/α-hetero) is 1. The van der Waals surface area contributed by atoms with Crippen LogP contribution in [0.2, 0.25) is 0 Å². The zero-order chi connectivity index (χ0) is 14.0. The lowest BCUT2D eigenvalue weighted by molar-refractivity contribution is -0.121. The highest BCUT2D eigenvalue weighted by Gasteiger charge is 2.37. The van der Waals surface area contributed by atoms with E-state index >= 15 is 0 Å². The first-order valence-corrected chi connectivity index (χ1v) is 5.65. The number of carbonyl (C=O) groups is 3. The van der Waals surface area contributed by atoms with Crippen LogP contribution in [-0.4, -0.2) is 30.7 Å². The van der Waals surface area contributed by atoms with E-state index < -0.39 is 17.6 Å². The number of ketones is 1. The number of nitriles is 1. The molecule has 1 aromatic rings. The van der Waals surface area contributed by atoms with Gasteiger partial charge < -0.3 is 5.32 Å². The second-order valence-corrected chi connectivity index (χ2v) is 4.13. The number of para-hydroxylation sites is 1. The number of amides is 2. The predicted octanol–water partition coefficient (Wildman–Crippen LogP) is 0.164. The number of benzene rings is 1. The van der Waals surface area contributed by atoms with Crippen molar-refractivity contribution in [3.8, 4) is 6.07 Å².